The number of nitriles is 1. The highest BCUT2D eigenvalue weighted by molar-refractivity contribution is 5.96. The molecule has 0 aromatic rings. The van der Waals surface area contributed by atoms with Crippen molar-refractivity contribution in [2.75, 3.05) is 53.6 Å². The molecule has 1 aliphatic carbocycles. The zero-order valence-corrected chi connectivity index (χ0v) is 22.0. The van der Waals surface area contributed by atoms with Crippen LogP contribution < -0.4 is 10.6 Å². The second-order valence-electron chi connectivity index (χ2n) is 9.61. The molecule has 1 saturated carbocycles. The van der Waals surface area contributed by atoms with Crippen LogP contribution in [0.15, 0.2) is 4.99 Å². The van der Waals surface area contributed by atoms with Gasteiger partial charge in [0.25, 0.3) is 0 Å². The molecule has 0 aromatic carbocycles. The largest absolute Gasteiger partial charge is 0.450 e. The summed E-state index contributed by atoms with van der Waals surface area (Å²) in [6.07, 6.45) is 6.79. The lowest BCUT2D eigenvalue weighted by Crippen LogP contribution is -2.56. The van der Waals surface area contributed by atoms with Gasteiger partial charge in [-0.15, -0.1) is 0 Å². The van der Waals surface area contributed by atoms with E-state index in [1.165, 1.54) is 6.42 Å². The van der Waals surface area contributed by atoms with Gasteiger partial charge in [-0.25, -0.2) is 9.79 Å². The van der Waals surface area contributed by atoms with Gasteiger partial charge in [0.1, 0.15) is 11.6 Å². The van der Waals surface area contributed by atoms with Gasteiger partial charge >= 0.3 is 6.09 Å². The number of hydrogen-bond donors (Lipinski definition) is 2. The molecule has 10 nitrogen and oxygen atoms in total. The molecule has 2 aliphatic rings. The molecule has 2 rings (SSSR count). The number of carbonyl (C=O) groups excluding carboxylic acids is 2. The van der Waals surface area contributed by atoms with Crippen molar-refractivity contribution in [1.82, 2.24) is 20.4 Å². The summed E-state index contributed by atoms with van der Waals surface area (Å²) in [7, 11) is 3.64. The minimum absolute atomic E-state index is 0.231. The summed E-state index contributed by atoms with van der Waals surface area (Å²) in [6, 6.07) is 1.66. The second-order valence-corrected chi connectivity index (χ2v) is 9.61. The standard InChI is InChI=1S/C25H44N6O4/c1-5-31(16-17-34-4)23(28-24(33)35-6-2)27-21(18-20-10-8-7-9-11-20)22(32)29-25(19-26)12-14-30(3)15-13-25/h20-21H,5-18H2,1-4H3,(H,29,32)(H,27,28,33)/t21-/m0/s1. The molecule has 1 heterocycles. The maximum Gasteiger partial charge on any atom is 0.413 e. The summed E-state index contributed by atoms with van der Waals surface area (Å²) < 4.78 is 10.3. The summed E-state index contributed by atoms with van der Waals surface area (Å²) >= 11 is 0. The molecule has 1 atom stereocenters. The van der Waals surface area contributed by atoms with Crippen molar-refractivity contribution in [3.63, 3.8) is 0 Å². The summed E-state index contributed by atoms with van der Waals surface area (Å²) in [5.74, 6) is 0.428. The number of nitrogens with one attached hydrogen (secondary N) is 2. The van der Waals surface area contributed by atoms with Crippen LogP contribution in [0.2, 0.25) is 0 Å². The first-order valence-corrected chi connectivity index (χ1v) is 13.0. The van der Waals surface area contributed by atoms with Crippen LogP contribution in [-0.4, -0.2) is 92.9 Å². The highest BCUT2D eigenvalue weighted by atomic mass is 16.5. The first kappa shape index (κ1) is 28.9. The Morgan fingerprint density at radius 3 is 2.49 bits per heavy atom. The van der Waals surface area contributed by atoms with E-state index in [0.717, 1.165) is 38.8 Å². The van der Waals surface area contributed by atoms with E-state index in [4.69, 9.17) is 14.5 Å². The third-order valence-corrected chi connectivity index (χ3v) is 7.02. The zero-order valence-electron chi connectivity index (χ0n) is 22.0. The van der Waals surface area contributed by atoms with Gasteiger partial charge in [0.05, 0.1) is 19.3 Å². The van der Waals surface area contributed by atoms with Crippen molar-refractivity contribution in [1.29, 1.82) is 5.26 Å². The van der Waals surface area contributed by atoms with Crippen molar-refractivity contribution in [3.8, 4) is 6.07 Å². The van der Waals surface area contributed by atoms with Crippen molar-refractivity contribution < 1.29 is 19.1 Å². The molecular weight excluding hydrogens is 448 g/mol. The van der Waals surface area contributed by atoms with Gasteiger partial charge in [-0.1, -0.05) is 32.1 Å². The van der Waals surface area contributed by atoms with Crippen LogP contribution >= 0.6 is 0 Å². The molecule has 0 unspecified atom stereocenters. The Hall–Kier alpha value is -2.38. The number of likely N-dealkylation sites (tertiary alicyclic amines) is 1. The van der Waals surface area contributed by atoms with E-state index >= 15 is 0 Å². The van der Waals surface area contributed by atoms with Crippen LogP contribution in [0.5, 0.6) is 0 Å². The van der Waals surface area contributed by atoms with E-state index < -0.39 is 17.7 Å². The number of aliphatic imine (C=N–C) groups is 1. The van der Waals surface area contributed by atoms with Gasteiger partial charge in [0, 0.05) is 33.3 Å². The fourth-order valence-corrected chi connectivity index (χ4v) is 4.76. The molecule has 0 radical (unpaired) electrons. The van der Waals surface area contributed by atoms with Crippen LogP contribution in [0.25, 0.3) is 0 Å². The molecule has 0 bridgehead atoms. The Balaban J connectivity index is 2.33. The van der Waals surface area contributed by atoms with Crippen LogP contribution in [0.4, 0.5) is 4.79 Å². The Labute approximate surface area is 210 Å². The number of likely N-dealkylation sites (N-methyl/N-ethyl adjacent to an activating group) is 1. The Kier molecular flexibility index (Phi) is 12.3. The minimum atomic E-state index is -0.890. The van der Waals surface area contributed by atoms with E-state index in [1.807, 2.05) is 18.9 Å². The highest BCUT2D eigenvalue weighted by Gasteiger charge is 2.38. The van der Waals surface area contributed by atoms with Gasteiger partial charge < -0.3 is 24.6 Å². The number of hydrogen-bond acceptors (Lipinski definition) is 7. The van der Waals surface area contributed by atoms with Crippen LogP contribution in [0.3, 0.4) is 0 Å². The van der Waals surface area contributed by atoms with Crippen molar-refractivity contribution in [2.45, 2.75) is 76.8 Å². The fourth-order valence-electron chi connectivity index (χ4n) is 4.76. The molecule has 198 valence electrons. The predicted molar refractivity (Wildman–Crippen MR) is 135 cm³/mol. The molecular formula is C25H44N6O4. The smallest absolute Gasteiger partial charge is 0.413 e. The number of amides is 2. The number of methoxy groups -OCH3 is 1. The minimum Gasteiger partial charge on any atom is -0.450 e. The number of guanidine groups is 1. The third kappa shape index (κ3) is 9.30. The molecule has 1 saturated heterocycles. The molecule has 0 aromatic heterocycles. The molecule has 0 spiro atoms. The lowest BCUT2D eigenvalue weighted by atomic mass is 9.84. The third-order valence-electron chi connectivity index (χ3n) is 7.02. The number of nitrogens with zero attached hydrogens (tertiary/aromatic N) is 4. The van der Waals surface area contributed by atoms with Crippen LogP contribution in [-0.2, 0) is 14.3 Å². The average molecular weight is 493 g/mol. The van der Waals surface area contributed by atoms with E-state index in [0.29, 0.717) is 50.8 Å². The van der Waals surface area contributed by atoms with E-state index in [9.17, 15) is 14.9 Å². The van der Waals surface area contributed by atoms with Gasteiger partial charge in [0.2, 0.25) is 11.9 Å². The first-order chi connectivity index (χ1) is 16.9. The maximum atomic E-state index is 13.6. The second kappa shape index (κ2) is 14.9. The van der Waals surface area contributed by atoms with Crippen LogP contribution in [0, 0.1) is 17.2 Å². The van der Waals surface area contributed by atoms with E-state index in [1.54, 1.807) is 14.0 Å². The fraction of sp³-hybridized carbons (Fsp3) is 0.840. The number of carbonyl (C=O) groups is 2. The molecule has 1 aliphatic heterocycles. The quantitative estimate of drug-likeness (QED) is 0.355. The number of rotatable bonds is 10. The molecule has 2 N–H and O–H groups in total. The summed E-state index contributed by atoms with van der Waals surface area (Å²) in [6.45, 7) is 6.95. The Morgan fingerprint density at radius 2 is 1.91 bits per heavy atom. The topological polar surface area (TPSA) is 119 Å². The lowest BCUT2D eigenvalue weighted by Gasteiger charge is -2.37. The van der Waals surface area contributed by atoms with Gasteiger partial charge in [-0.3, -0.25) is 10.1 Å². The van der Waals surface area contributed by atoms with Crippen LogP contribution in [0.1, 0.15) is 65.2 Å². The SMILES string of the molecule is CCOC(=O)NC(=N[C@@H](CC1CCCCC1)C(=O)NC1(C#N)CCN(C)CC1)N(CC)CCOC. The number of alkyl carbamates (subject to hydrolysis) is 1. The molecule has 2 amide bonds. The summed E-state index contributed by atoms with van der Waals surface area (Å²) in [5, 5.41) is 15.7. The number of piperidine rings is 1. The van der Waals surface area contributed by atoms with E-state index in [2.05, 4.69) is 21.6 Å². The molecule has 2 fully saturated rings. The average Bonchev–Trinajstić information content (AvgIpc) is 2.86. The zero-order chi connectivity index (χ0) is 25.7. The summed E-state index contributed by atoms with van der Waals surface area (Å²) in [4.78, 5) is 34.8. The van der Waals surface area contributed by atoms with Gasteiger partial charge in [-0.2, -0.15) is 5.26 Å². The lowest BCUT2D eigenvalue weighted by molar-refractivity contribution is -0.124. The molecule has 35 heavy (non-hydrogen) atoms. The monoisotopic (exact) mass is 492 g/mol. The van der Waals surface area contributed by atoms with E-state index in [-0.39, 0.29) is 12.5 Å². The highest BCUT2D eigenvalue weighted by Crippen LogP contribution is 2.29. The van der Waals surface area contributed by atoms with Crippen molar-refractivity contribution >= 4 is 18.0 Å². The number of ether oxygens (including phenoxy) is 2. The normalized spacial score (nSPS) is 19.9. The predicted octanol–water partition coefficient (Wildman–Crippen LogP) is 2.50. The Morgan fingerprint density at radius 1 is 1.23 bits per heavy atom. The molecule has 10 heteroatoms. The maximum absolute atomic E-state index is 13.6. The first-order valence-electron chi connectivity index (χ1n) is 13.0. The van der Waals surface area contributed by atoms with Gasteiger partial charge in [0.15, 0.2) is 0 Å². The van der Waals surface area contributed by atoms with Crippen molar-refractivity contribution in [2.24, 2.45) is 10.9 Å². The van der Waals surface area contributed by atoms with Crippen molar-refractivity contribution in [3.05, 3.63) is 0 Å². The summed E-state index contributed by atoms with van der Waals surface area (Å²) in [5.41, 5.74) is -0.890. The Bertz CT molecular complexity index is 739. The van der Waals surface area contributed by atoms with Gasteiger partial charge in [-0.05, 0) is 46.1 Å².